The van der Waals surface area contributed by atoms with Crippen molar-refractivity contribution >= 4 is 5.91 Å². The van der Waals surface area contributed by atoms with Crippen LogP contribution in [-0.4, -0.2) is 46.2 Å². The van der Waals surface area contributed by atoms with Crippen LogP contribution in [0.1, 0.15) is 36.2 Å². The Kier molecular flexibility index (Phi) is 3.83. The number of morpholine rings is 1. The molecular weight excluding hydrogens is 294 g/mol. The van der Waals surface area contributed by atoms with Crippen molar-refractivity contribution in [1.82, 2.24) is 15.0 Å². The van der Waals surface area contributed by atoms with Gasteiger partial charge in [-0.15, -0.1) is 0 Å². The Labute approximate surface area is 134 Å². The average molecular weight is 313 g/mol. The third-order valence-electron chi connectivity index (χ3n) is 4.67. The molecule has 2 atom stereocenters. The van der Waals surface area contributed by atoms with Gasteiger partial charge in [-0.25, -0.2) is 0 Å². The number of carbonyl (C=O) groups is 1. The molecule has 0 radical (unpaired) electrons. The quantitative estimate of drug-likeness (QED) is 0.852. The summed E-state index contributed by atoms with van der Waals surface area (Å²) >= 11 is 0. The summed E-state index contributed by atoms with van der Waals surface area (Å²) in [6.07, 6.45) is 7.93. The second-order valence-corrected chi connectivity index (χ2v) is 6.08. The van der Waals surface area contributed by atoms with Gasteiger partial charge in [0.05, 0.1) is 18.8 Å². The number of rotatable bonds is 2. The van der Waals surface area contributed by atoms with E-state index in [-0.39, 0.29) is 18.1 Å². The maximum absolute atomic E-state index is 12.8. The summed E-state index contributed by atoms with van der Waals surface area (Å²) in [5.41, 5.74) is 1.17. The molecule has 2 unspecified atom stereocenters. The molecular formula is C17H19N3O3. The van der Waals surface area contributed by atoms with Gasteiger partial charge in [0.1, 0.15) is 0 Å². The van der Waals surface area contributed by atoms with Crippen LogP contribution in [0.15, 0.2) is 35.1 Å². The first-order chi connectivity index (χ1) is 11.3. The lowest BCUT2D eigenvalue weighted by atomic mass is 9.90. The number of ether oxygens (including phenoxy) is 1. The Morgan fingerprint density at radius 3 is 3.09 bits per heavy atom. The van der Waals surface area contributed by atoms with Gasteiger partial charge in [-0.05, 0) is 25.0 Å². The first kappa shape index (κ1) is 14.4. The van der Waals surface area contributed by atoms with Crippen LogP contribution < -0.4 is 0 Å². The Morgan fingerprint density at radius 2 is 2.22 bits per heavy atom. The molecule has 0 N–H and O–H groups in total. The van der Waals surface area contributed by atoms with Gasteiger partial charge in [0, 0.05) is 30.6 Å². The molecule has 2 aromatic heterocycles. The van der Waals surface area contributed by atoms with Crippen LogP contribution >= 0.6 is 0 Å². The second-order valence-electron chi connectivity index (χ2n) is 6.08. The van der Waals surface area contributed by atoms with Crippen LogP contribution in [0.25, 0.3) is 11.3 Å². The van der Waals surface area contributed by atoms with E-state index in [1.54, 1.807) is 18.5 Å². The van der Waals surface area contributed by atoms with Crippen LogP contribution in [0, 0.1) is 0 Å². The van der Waals surface area contributed by atoms with Crippen molar-refractivity contribution in [1.29, 1.82) is 0 Å². The number of aromatic nitrogens is 2. The third kappa shape index (κ3) is 2.74. The van der Waals surface area contributed by atoms with E-state index in [9.17, 15) is 4.79 Å². The van der Waals surface area contributed by atoms with Crippen molar-refractivity contribution in [2.45, 2.75) is 37.8 Å². The molecule has 120 valence electrons. The molecule has 1 amide bonds. The highest BCUT2D eigenvalue weighted by Crippen LogP contribution is 2.30. The Morgan fingerprint density at radius 1 is 1.30 bits per heavy atom. The molecule has 1 aliphatic carbocycles. The lowest BCUT2D eigenvalue weighted by Crippen LogP contribution is -2.54. The molecule has 6 heteroatoms. The highest BCUT2D eigenvalue weighted by Gasteiger charge is 2.37. The summed E-state index contributed by atoms with van der Waals surface area (Å²) < 4.78 is 11.2. The number of fused-ring (bicyclic) bond motifs is 1. The molecule has 2 fully saturated rings. The lowest BCUT2D eigenvalue weighted by Gasteiger charge is -2.43. The van der Waals surface area contributed by atoms with Crippen LogP contribution in [0.4, 0.5) is 0 Å². The summed E-state index contributed by atoms with van der Waals surface area (Å²) in [6, 6.07) is 5.58. The zero-order chi connectivity index (χ0) is 15.6. The fraction of sp³-hybridized carbons (Fsp3) is 0.471. The molecule has 0 bridgehead atoms. The summed E-state index contributed by atoms with van der Waals surface area (Å²) in [5.74, 6) is 0.499. The molecule has 4 rings (SSSR count). The van der Waals surface area contributed by atoms with E-state index in [1.165, 1.54) is 6.42 Å². The van der Waals surface area contributed by atoms with Gasteiger partial charge in [0.15, 0.2) is 11.5 Å². The van der Waals surface area contributed by atoms with Gasteiger partial charge in [-0.2, -0.15) is 0 Å². The summed E-state index contributed by atoms with van der Waals surface area (Å²) in [5, 5.41) is 3.97. The Bertz CT molecular complexity index is 683. The zero-order valence-electron chi connectivity index (χ0n) is 12.9. The molecule has 1 saturated carbocycles. The molecule has 0 aromatic carbocycles. The largest absolute Gasteiger partial charge is 0.374 e. The minimum Gasteiger partial charge on any atom is -0.374 e. The molecule has 3 heterocycles. The topological polar surface area (TPSA) is 68.5 Å². The molecule has 6 nitrogen and oxygen atoms in total. The van der Waals surface area contributed by atoms with E-state index < -0.39 is 0 Å². The number of hydrogen-bond donors (Lipinski definition) is 0. The van der Waals surface area contributed by atoms with Crippen molar-refractivity contribution in [2.75, 3.05) is 13.2 Å². The normalized spacial score (nSPS) is 24.3. The molecule has 1 saturated heterocycles. The first-order valence-electron chi connectivity index (χ1n) is 8.12. The van der Waals surface area contributed by atoms with Crippen LogP contribution in [0.3, 0.4) is 0 Å². The maximum Gasteiger partial charge on any atom is 0.276 e. The summed E-state index contributed by atoms with van der Waals surface area (Å²) in [4.78, 5) is 18.8. The van der Waals surface area contributed by atoms with Gasteiger partial charge in [-0.3, -0.25) is 9.78 Å². The Hall–Kier alpha value is -2.21. The van der Waals surface area contributed by atoms with Crippen molar-refractivity contribution in [3.05, 3.63) is 36.3 Å². The smallest absolute Gasteiger partial charge is 0.276 e. The Balaban J connectivity index is 1.56. The van der Waals surface area contributed by atoms with Crippen molar-refractivity contribution in [3.8, 4) is 11.3 Å². The SMILES string of the molecule is O=C(c1cc(-c2cccnc2)on1)N1CCOC2CCCCC21. The van der Waals surface area contributed by atoms with Crippen LogP contribution in [0.5, 0.6) is 0 Å². The van der Waals surface area contributed by atoms with E-state index in [1.807, 2.05) is 17.0 Å². The highest BCUT2D eigenvalue weighted by molar-refractivity contribution is 5.93. The fourth-order valence-electron chi connectivity index (χ4n) is 3.52. The first-order valence-corrected chi connectivity index (χ1v) is 8.12. The molecule has 23 heavy (non-hydrogen) atoms. The number of carbonyl (C=O) groups excluding carboxylic acids is 1. The lowest BCUT2D eigenvalue weighted by molar-refractivity contribution is -0.0755. The van der Waals surface area contributed by atoms with Crippen molar-refractivity contribution in [2.24, 2.45) is 0 Å². The number of pyridine rings is 1. The fourth-order valence-corrected chi connectivity index (χ4v) is 3.52. The summed E-state index contributed by atoms with van der Waals surface area (Å²) in [7, 11) is 0. The van der Waals surface area contributed by atoms with Gasteiger partial charge in [-0.1, -0.05) is 18.0 Å². The molecule has 0 spiro atoms. The van der Waals surface area contributed by atoms with E-state index in [2.05, 4.69) is 10.1 Å². The number of amides is 1. The van der Waals surface area contributed by atoms with Crippen LogP contribution in [-0.2, 0) is 4.74 Å². The monoisotopic (exact) mass is 313 g/mol. The van der Waals surface area contributed by atoms with E-state index in [4.69, 9.17) is 9.26 Å². The minimum absolute atomic E-state index is 0.0657. The predicted octanol–water partition coefficient (Wildman–Crippen LogP) is 2.52. The van der Waals surface area contributed by atoms with Crippen molar-refractivity contribution < 1.29 is 14.1 Å². The molecule has 2 aliphatic rings. The number of hydrogen-bond acceptors (Lipinski definition) is 5. The maximum atomic E-state index is 12.8. The zero-order valence-corrected chi connectivity index (χ0v) is 12.9. The van der Waals surface area contributed by atoms with E-state index >= 15 is 0 Å². The third-order valence-corrected chi connectivity index (χ3v) is 4.67. The van der Waals surface area contributed by atoms with E-state index in [0.29, 0.717) is 24.6 Å². The number of nitrogens with zero attached hydrogens (tertiary/aromatic N) is 3. The minimum atomic E-state index is -0.0657. The second kappa shape index (κ2) is 6.12. The van der Waals surface area contributed by atoms with Gasteiger partial charge < -0.3 is 14.2 Å². The van der Waals surface area contributed by atoms with Gasteiger partial charge in [0.2, 0.25) is 0 Å². The summed E-state index contributed by atoms with van der Waals surface area (Å²) in [6.45, 7) is 1.22. The molecule has 2 aromatic rings. The standard InChI is InChI=1S/C17H19N3O3/c21-17(20-8-9-22-15-6-2-1-5-14(15)20)13-10-16(23-19-13)12-4-3-7-18-11-12/h3-4,7,10-11,14-15H,1-2,5-6,8-9H2. The van der Waals surface area contributed by atoms with Crippen molar-refractivity contribution in [3.63, 3.8) is 0 Å². The highest BCUT2D eigenvalue weighted by atomic mass is 16.5. The van der Waals surface area contributed by atoms with E-state index in [0.717, 1.165) is 24.8 Å². The average Bonchev–Trinajstić information content (AvgIpc) is 3.11. The predicted molar refractivity (Wildman–Crippen MR) is 82.8 cm³/mol. The van der Waals surface area contributed by atoms with Gasteiger partial charge in [0.25, 0.3) is 5.91 Å². The molecule has 1 aliphatic heterocycles. The van der Waals surface area contributed by atoms with Crippen LogP contribution in [0.2, 0.25) is 0 Å². The van der Waals surface area contributed by atoms with Gasteiger partial charge >= 0.3 is 0 Å².